The number of nitrogens with zero attached hydrogens (tertiary/aromatic N) is 1. The van der Waals surface area contributed by atoms with Crippen molar-refractivity contribution in [2.45, 2.75) is 38.9 Å². The highest BCUT2D eigenvalue weighted by molar-refractivity contribution is 6.30. The topological polar surface area (TPSA) is 38.8 Å². The van der Waals surface area contributed by atoms with E-state index < -0.39 is 0 Å². The molecule has 0 saturated carbocycles. The van der Waals surface area contributed by atoms with Crippen LogP contribution >= 0.6 is 11.6 Å². The van der Waals surface area contributed by atoms with Gasteiger partial charge in [0.25, 0.3) is 5.91 Å². The van der Waals surface area contributed by atoms with Crippen molar-refractivity contribution in [3.05, 3.63) is 29.3 Å². The van der Waals surface area contributed by atoms with E-state index in [1.165, 1.54) is 0 Å². The molecular weight excluding hydrogens is 290 g/mol. The normalized spacial score (nSPS) is 16.3. The van der Waals surface area contributed by atoms with Gasteiger partial charge in [0.05, 0.1) is 12.2 Å². The van der Waals surface area contributed by atoms with Crippen LogP contribution < -0.4 is 4.74 Å². The Bertz CT molecular complexity index is 453. The molecule has 5 heteroatoms. The SMILES string of the molecule is CC(C)OC1CCN(C(=O)COc2ccc(Cl)cc2)CC1. The third-order valence-electron chi connectivity index (χ3n) is 3.44. The fourth-order valence-corrected chi connectivity index (χ4v) is 2.52. The maximum atomic E-state index is 12.1. The predicted octanol–water partition coefficient (Wildman–Crippen LogP) is 3.13. The maximum Gasteiger partial charge on any atom is 0.260 e. The number of benzene rings is 1. The Labute approximate surface area is 131 Å². The average Bonchev–Trinajstić information content (AvgIpc) is 2.46. The number of rotatable bonds is 5. The molecule has 21 heavy (non-hydrogen) atoms. The molecule has 0 N–H and O–H groups in total. The van der Waals surface area contributed by atoms with Gasteiger partial charge in [0, 0.05) is 18.1 Å². The van der Waals surface area contributed by atoms with E-state index >= 15 is 0 Å². The maximum absolute atomic E-state index is 12.1. The Balaban J connectivity index is 1.73. The van der Waals surface area contributed by atoms with Gasteiger partial charge in [0.2, 0.25) is 0 Å². The molecule has 0 bridgehead atoms. The summed E-state index contributed by atoms with van der Waals surface area (Å²) < 4.78 is 11.3. The summed E-state index contributed by atoms with van der Waals surface area (Å²) in [6, 6.07) is 7.02. The number of hydrogen-bond acceptors (Lipinski definition) is 3. The zero-order chi connectivity index (χ0) is 15.2. The van der Waals surface area contributed by atoms with E-state index in [1.807, 2.05) is 18.7 Å². The van der Waals surface area contributed by atoms with E-state index in [2.05, 4.69) is 0 Å². The van der Waals surface area contributed by atoms with Gasteiger partial charge < -0.3 is 14.4 Å². The molecule has 0 unspecified atom stereocenters. The highest BCUT2D eigenvalue weighted by Gasteiger charge is 2.23. The second kappa shape index (κ2) is 7.66. The molecule has 1 aliphatic rings. The van der Waals surface area contributed by atoms with Gasteiger partial charge in [-0.1, -0.05) is 11.6 Å². The van der Waals surface area contributed by atoms with E-state index in [4.69, 9.17) is 21.1 Å². The fourth-order valence-electron chi connectivity index (χ4n) is 2.39. The van der Waals surface area contributed by atoms with Crippen LogP contribution in [-0.4, -0.2) is 42.7 Å². The van der Waals surface area contributed by atoms with E-state index in [-0.39, 0.29) is 24.7 Å². The van der Waals surface area contributed by atoms with Crippen LogP contribution in [0.1, 0.15) is 26.7 Å². The molecule has 0 radical (unpaired) electrons. The molecule has 0 aromatic heterocycles. The number of hydrogen-bond donors (Lipinski definition) is 0. The van der Waals surface area contributed by atoms with Crippen LogP contribution in [0.15, 0.2) is 24.3 Å². The fraction of sp³-hybridized carbons (Fsp3) is 0.562. The Hall–Kier alpha value is -1.26. The zero-order valence-electron chi connectivity index (χ0n) is 12.5. The van der Waals surface area contributed by atoms with Crippen molar-refractivity contribution in [3.8, 4) is 5.75 Å². The summed E-state index contributed by atoms with van der Waals surface area (Å²) in [5.41, 5.74) is 0. The van der Waals surface area contributed by atoms with Gasteiger partial charge in [-0.3, -0.25) is 4.79 Å². The monoisotopic (exact) mass is 311 g/mol. The largest absolute Gasteiger partial charge is 0.484 e. The number of ether oxygens (including phenoxy) is 2. The second-order valence-electron chi connectivity index (χ2n) is 5.51. The molecule has 1 heterocycles. The van der Waals surface area contributed by atoms with E-state index in [0.717, 1.165) is 25.9 Å². The van der Waals surface area contributed by atoms with Gasteiger partial charge in [-0.2, -0.15) is 0 Å². The summed E-state index contributed by atoms with van der Waals surface area (Å²) in [4.78, 5) is 13.9. The molecule has 4 nitrogen and oxygen atoms in total. The Morgan fingerprint density at radius 2 is 1.90 bits per heavy atom. The Kier molecular flexibility index (Phi) is 5.88. The summed E-state index contributed by atoms with van der Waals surface area (Å²) in [6.45, 7) is 5.62. The number of piperidine rings is 1. The minimum absolute atomic E-state index is 0.0212. The molecule has 2 rings (SSSR count). The van der Waals surface area contributed by atoms with Crippen LogP contribution in [0.4, 0.5) is 0 Å². The van der Waals surface area contributed by atoms with Crippen LogP contribution in [-0.2, 0) is 9.53 Å². The van der Waals surface area contributed by atoms with Gasteiger partial charge >= 0.3 is 0 Å². The van der Waals surface area contributed by atoms with Crippen molar-refractivity contribution < 1.29 is 14.3 Å². The van der Waals surface area contributed by atoms with Crippen molar-refractivity contribution in [2.24, 2.45) is 0 Å². The van der Waals surface area contributed by atoms with Gasteiger partial charge in [0.1, 0.15) is 5.75 Å². The van der Waals surface area contributed by atoms with Crippen molar-refractivity contribution in [3.63, 3.8) is 0 Å². The standard InChI is InChI=1S/C16H22ClNO3/c1-12(2)21-15-7-9-18(10-8-15)16(19)11-20-14-5-3-13(17)4-6-14/h3-6,12,15H,7-11H2,1-2H3. The molecule has 1 aromatic carbocycles. The number of likely N-dealkylation sites (tertiary alicyclic amines) is 1. The van der Waals surface area contributed by atoms with Crippen molar-refractivity contribution in [1.29, 1.82) is 0 Å². The molecule has 116 valence electrons. The summed E-state index contributed by atoms with van der Waals surface area (Å²) in [7, 11) is 0. The summed E-state index contributed by atoms with van der Waals surface area (Å²) in [5, 5.41) is 0.654. The van der Waals surface area contributed by atoms with Gasteiger partial charge in [-0.05, 0) is 51.0 Å². The van der Waals surface area contributed by atoms with Crippen molar-refractivity contribution in [1.82, 2.24) is 4.90 Å². The highest BCUT2D eigenvalue weighted by Crippen LogP contribution is 2.17. The van der Waals surface area contributed by atoms with Gasteiger partial charge in [-0.25, -0.2) is 0 Å². The number of carbonyl (C=O) groups excluding carboxylic acids is 1. The van der Waals surface area contributed by atoms with Gasteiger partial charge in [-0.15, -0.1) is 0 Å². The third-order valence-corrected chi connectivity index (χ3v) is 3.69. The minimum atomic E-state index is 0.0212. The smallest absolute Gasteiger partial charge is 0.260 e. The lowest BCUT2D eigenvalue weighted by Crippen LogP contribution is -2.43. The third kappa shape index (κ3) is 5.21. The molecule has 0 aliphatic carbocycles. The van der Waals surface area contributed by atoms with Crippen LogP contribution in [0.3, 0.4) is 0 Å². The number of halogens is 1. The molecule has 1 aromatic rings. The van der Waals surface area contributed by atoms with Crippen LogP contribution in [0.2, 0.25) is 5.02 Å². The van der Waals surface area contributed by atoms with Crippen LogP contribution in [0.25, 0.3) is 0 Å². The average molecular weight is 312 g/mol. The minimum Gasteiger partial charge on any atom is -0.484 e. The first-order valence-electron chi connectivity index (χ1n) is 7.36. The summed E-state index contributed by atoms with van der Waals surface area (Å²) in [5.74, 6) is 0.679. The molecule has 1 amide bonds. The molecule has 1 fully saturated rings. The number of carbonyl (C=O) groups is 1. The lowest BCUT2D eigenvalue weighted by Gasteiger charge is -2.32. The molecular formula is C16H22ClNO3. The van der Waals surface area contributed by atoms with Crippen LogP contribution in [0, 0.1) is 0 Å². The first-order valence-corrected chi connectivity index (χ1v) is 7.74. The lowest BCUT2D eigenvalue weighted by molar-refractivity contribution is -0.136. The molecule has 0 atom stereocenters. The molecule has 0 spiro atoms. The van der Waals surface area contributed by atoms with Gasteiger partial charge in [0.15, 0.2) is 6.61 Å². The van der Waals surface area contributed by atoms with Crippen LogP contribution in [0.5, 0.6) is 5.75 Å². The number of amides is 1. The van der Waals surface area contributed by atoms with E-state index in [1.54, 1.807) is 24.3 Å². The Morgan fingerprint density at radius 1 is 1.29 bits per heavy atom. The Morgan fingerprint density at radius 3 is 2.48 bits per heavy atom. The first kappa shape index (κ1) is 16.1. The van der Waals surface area contributed by atoms with Crippen molar-refractivity contribution >= 4 is 17.5 Å². The predicted molar refractivity (Wildman–Crippen MR) is 82.8 cm³/mol. The second-order valence-corrected chi connectivity index (χ2v) is 5.94. The lowest BCUT2D eigenvalue weighted by atomic mass is 10.1. The van der Waals surface area contributed by atoms with E-state index in [9.17, 15) is 4.79 Å². The first-order chi connectivity index (χ1) is 10.0. The summed E-state index contributed by atoms with van der Waals surface area (Å²) in [6.07, 6.45) is 2.30. The molecule has 1 saturated heterocycles. The zero-order valence-corrected chi connectivity index (χ0v) is 13.3. The quantitative estimate of drug-likeness (QED) is 0.838. The van der Waals surface area contributed by atoms with Crippen molar-refractivity contribution in [2.75, 3.05) is 19.7 Å². The van der Waals surface area contributed by atoms with E-state index in [0.29, 0.717) is 10.8 Å². The highest BCUT2D eigenvalue weighted by atomic mass is 35.5. The summed E-state index contributed by atoms with van der Waals surface area (Å²) >= 11 is 5.80. The molecule has 1 aliphatic heterocycles.